The number of benzene rings is 1. The van der Waals surface area contributed by atoms with Gasteiger partial charge in [-0.2, -0.15) is 5.26 Å². The van der Waals surface area contributed by atoms with Gasteiger partial charge >= 0.3 is 0 Å². The molecule has 1 saturated carbocycles. The highest BCUT2D eigenvalue weighted by molar-refractivity contribution is 7.89. The second-order valence-corrected chi connectivity index (χ2v) is 6.31. The van der Waals surface area contributed by atoms with Gasteiger partial charge in [0, 0.05) is 6.54 Å². The number of nitrogens with zero attached hydrogens (tertiary/aromatic N) is 1. The van der Waals surface area contributed by atoms with Gasteiger partial charge in [-0.3, -0.25) is 0 Å². The topological polar surface area (TPSA) is 90.2 Å². The zero-order chi connectivity index (χ0) is 13.2. The predicted molar refractivity (Wildman–Crippen MR) is 65.1 cm³/mol. The van der Waals surface area contributed by atoms with E-state index in [9.17, 15) is 13.5 Å². The van der Waals surface area contributed by atoms with Gasteiger partial charge in [-0.1, -0.05) is 0 Å². The number of nitrogens with one attached hydrogen (secondary N) is 1. The average Bonchev–Trinajstić information content (AvgIpc) is 2.34. The van der Waals surface area contributed by atoms with E-state index in [4.69, 9.17) is 5.26 Å². The SMILES string of the molecule is N#Cc1ccc(S(=O)(=O)NCC2(O)CCC2)cc1. The summed E-state index contributed by atoms with van der Waals surface area (Å²) in [5, 5.41) is 18.5. The fourth-order valence-electron chi connectivity index (χ4n) is 1.78. The van der Waals surface area contributed by atoms with Crippen molar-refractivity contribution in [1.29, 1.82) is 5.26 Å². The molecule has 96 valence electrons. The van der Waals surface area contributed by atoms with Gasteiger partial charge in [0.2, 0.25) is 10.0 Å². The molecule has 18 heavy (non-hydrogen) atoms. The van der Waals surface area contributed by atoms with Crippen LogP contribution in [0.3, 0.4) is 0 Å². The van der Waals surface area contributed by atoms with E-state index in [-0.39, 0.29) is 11.4 Å². The van der Waals surface area contributed by atoms with Crippen LogP contribution >= 0.6 is 0 Å². The molecule has 5 nitrogen and oxygen atoms in total. The van der Waals surface area contributed by atoms with Crippen LogP contribution in [0.25, 0.3) is 0 Å². The Balaban J connectivity index is 2.08. The molecular formula is C12H14N2O3S. The predicted octanol–water partition coefficient (Wildman–Crippen LogP) is 0.752. The van der Waals surface area contributed by atoms with Crippen LogP contribution in [0.15, 0.2) is 29.2 Å². The quantitative estimate of drug-likeness (QED) is 0.841. The number of hydrogen-bond acceptors (Lipinski definition) is 4. The highest BCUT2D eigenvalue weighted by Crippen LogP contribution is 2.31. The Labute approximate surface area is 106 Å². The van der Waals surface area contributed by atoms with Crippen LogP contribution in [0.1, 0.15) is 24.8 Å². The molecule has 2 rings (SSSR count). The fourth-order valence-corrected chi connectivity index (χ4v) is 2.90. The zero-order valence-electron chi connectivity index (χ0n) is 9.76. The van der Waals surface area contributed by atoms with Gasteiger partial charge in [0.25, 0.3) is 0 Å². The van der Waals surface area contributed by atoms with E-state index in [2.05, 4.69) is 4.72 Å². The Kier molecular flexibility index (Phi) is 3.39. The van der Waals surface area contributed by atoms with Crippen molar-refractivity contribution in [2.75, 3.05) is 6.54 Å². The maximum atomic E-state index is 11.9. The third-order valence-electron chi connectivity index (χ3n) is 3.17. The molecular weight excluding hydrogens is 252 g/mol. The van der Waals surface area contributed by atoms with Crippen LogP contribution in [0.2, 0.25) is 0 Å². The van der Waals surface area contributed by atoms with Gasteiger partial charge < -0.3 is 5.11 Å². The molecule has 1 aromatic rings. The van der Waals surface area contributed by atoms with Crippen LogP contribution in [-0.4, -0.2) is 25.7 Å². The number of aliphatic hydroxyl groups is 1. The molecule has 0 radical (unpaired) electrons. The minimum atomic E-state index is -3.61. The Bertz CT molecular complexity index is 568. The van der Waals surface area contributed by atoms with E-state index < -0.39 is 15.6 Å². The summed E-state index contributed by atoms with van der Waals surface area (Å²) in [4.78, 5) is 0.101. The van der Waals surface area contributed by atoms with Crippen molar-refractivity contribution in [2.24, 2.45) is 0 Å². The first-order valence-corrected chi connectivity index (χ1v) is 7.16. The molecule has 0 amide bonds. The fraction of sp³-hybridized carbons (Fsp3) is 0.417. The standard InChI is InChI=1S/C12H14N2O3S/c13-8-10-2-4-11(5-3-10)18(16,17)14-9-12(15)6-1-7-12/h2-5,14-15H,1,6-7,9H2. The second kappa shape index (κ2) is 4.69. The molecule has 1 fully saturated rings. The van der Waals surface area contributed by atoms with Crippen molar-refractivity contribution in [3.8, 4) is 6.07 Å². The van der Waals surface area contributed by atoms with E-state index >= 15 is 0 Å². The van der Waals surface area contributed by atoms with Gasteiger partial charge in [-0.05, 0) is 43.5 Å². The molecule has 0 aromatic heterocycles. The molecule has 0 atom stereocenters. The lowest BCUT2D eigenvalue weighted by Crippen LogP contribution is -2.47. The van der Waals surface area contributed by atoms with Crippen molar-refractivity contribution in [3.05, 3.63) is 29.8 Å². The molecule has 0 bridgehead atoms. The Hall–Kier alpha value is -1.42. The van der Waals surface area contributed by atoms with E-state index in [0.29, 0.717) is 18.4 Å². The van der Waals surface area contributed by atoms with E-state index in [1.165, 1.54) is 24.3 Å². The van der Waals surface area contributed by atoms with Crippen molar-refractivity contribution in [3.63, 3.8) is 0 Å². The number of sulfonamides is 1. The number of rotatable bonds is 4. The van der Waals surface area contributed by atoms with E-state index in [0.717, 1.165) is 6.42 Å². The summed E-state index contributed by atoms with van der Waals surface area (Å²) >= 11 is 0. The Morgan fingerprint density at radius 2 is 1.94 bits per heavy atom. The maximum absolute atomic E-state index is 11.9. The molecule has 0 unspecified atom stereocenters. The van der Waals surface area contributed by atoms with Gasteiger partial charge in [-0.15, -0.1) is 0 Å². The first kappa shape index (κ1) is 13.0. The minimum Gasteiger partial charge on any atom is -0.389 e. The van der Waals surface area contributed by atoms with Crippen molar-refractivity contribution in [2.45, 2.75) is 29.8 Å². The number of nitriles is 1. The van der Waals surface area contributed by atoms with Crippen molar-refractivity contribution >= 4 is 10.0 Å². The zero-order valence-corrected chi connectivity index (χ0v) is 10.6. The van der Waals surface area contributed by atoms with E-state index in [1.807, 2.05) is 6.07 Å². The molecule has 0 saturated heterocycles. The lowest BCUT2D eigenvalue weighted by molar-refractivity contribution is -0.0270. The molecule has 6 heteroatoms. The summed E-state index contributed by atoms with van der Waals surface area (Å²) < 4.78 is 26.2. The van der Waals surface area contributed by atoms with Crippen LogP contribution in [-0.2, 0) is 10.0 Å². The van der Waals surface area contributed by atoms with Crippen LogP contribution < -0.4 is 4.72 Å². The lowest BCUT2D eigenvalue weighted by Gasteiger charge is -2.36. The summed E-state index contributed by atoms with van der Waals surface area (Å²) in [5.41, 5.74) is -0.480. The summed E-state index contributed by atoms with van der Waals surface area (Å²) in [7, 11) is -3.61. The summed E-state index contributed by atoms with van der Waals surface area (Å²) in [6.45, 7) is 0.0370. The smallest absolute Gasteiger partial charge is 0.240 e. The Morgan fingerprint density at radius 3 is 2.39 bits per heavy atom. The third kappa shape index (κ3) is 2.70. The summed E-state index contributed by atoms with van der Waals surface area (Å²) in [6, 6.07) is 7.59. The number of hydrogen-bond donors (Lipinski definition) is 2. The maximum Gasteiger partial charge on any atom is 0.240 e. The van der Waals surface area contributed by atoms with Crippen LogP contribution in [0.5, 0.6) is 0 Å². The normalized spacial score (nSPS) is 17.8. The third-order valence-corrected chi connectivity index (χ3v) is 4.59. The van der Waals surface area contributed by atoms with Gasteiger partial charge in [0.15, 0.2) is 0 Å². The summed E-state index contributed by atoms with van der Waals surface area (Å²) in [6.07, 6.45) is 2.18. The molecule has 1 aromatic carbocycles. The summed E-state index contributed by atoms with van der Waals surface area (Å²) in [5.74, 6) is 0. The minimum absolute atomic E-state index is 0.0370. The van der Waals surface area contributed by atoms with Crippen LogP contribution in [0.4, 0.5) is 0 Å². The highest BCUT2D eigenvalue weighted by atomic mass is 32.2. The molecule has 0 aliphatic heterocycles. The van der Waals surface area contributed by atoms with Gasteiger partial charge in [0.1, 0.15) is 0 Å². The molecule has 0 heterocycles. The first-order chi connectivity index (χ1) is 8.45. The molecule has 1 aliphatic carbocycles. The first-order valence-electron chi connectivity index (χ1n) is 5.67. The average molecular weight is 266 g/mol. The molecule has 1 aliphatic rings. The van der Waals surface area contributed by atoms with Gasteiger partial charge in [0.05, 0.1) is 22.1 Å². The molecule has 2 N–H and O–H groups in total. The second-order valence-electron chi connectivity index (χ2n) is 4.54. The van der Waals surface area contributed by atoms with Crippen molar-refractivity contribution < 1.29 is 13.5 Å². The lowest BCUT2D eigenvalue weighted by atomic mass is 9.81. The van der Waals surface area contributed by atoms with Crippen molar-refractivity contribution in [1.82, 2.24) is 4.72 Å². The Morgan fingerprint density at radius 1 is 1.33 bits per heavy atom. The molecule has 0 spiro atoms. The highest BCUT2D eigenvalue weighted by Gasteiger charge is 2.35. The van der Waals surface area contributed by atoms with Crippen LogP contribution in [0, 0.1) is 11.3 Å². The largest absolute Gasteiger partial charge is 0.389 e. The monoisotopic (exact) mass is 266 g/mol. The van der Waals surface area contributed by atoms with E-state index in [1.54, 1.807) is 0 Å². The van der Waals surface area contributed by atoms with Gasteiger partial charge in [-0.25, -0.2) is 13.1 Å².